The van der Waals surface area contributed by atoms with E-state index >= 15 is 0 Å². The molecule has 0 atom stereocenters. The van der Waals surface area contributed by atoms with Crippen molar-refractivity contribution < 1.29 is 0 Å². The molecule has 0 amide bonds. The van der Waals surface area contributed by atoms with E-state index in [1.165, 1.54) is 5.56 Å². The van der Waals surface area contributed by atoms with Crippen LogP contribution >= 0.6 is 11.6 Å². The smallest absolute Gasteiger partial charge is 0.0423 e. The topological polar surface area (TPSA) is 12.0 Å². The van der Waals surface area contributed by atoms with Gasteiger partial charge in [0.15, 0.2) is 0 Å². The number of para-hydroxylation sites is 1. The molecule has 0 fully saturated rings. The lowest BCUT2D eigenvalue weighted by atomic mass is 10.2. The van der Waals surface area contributed by atoms with Gasteiger partial charge in [-0.3, -0.25) is 0 Å². The van der Waals surface area contributed by atoms with E-state index in [0.29, 0.717) is 0 Å². The summed E-state index contributed by atoms with van der Waals surface area (Å²) in [7, 11) is 0. The fourth-order valence-corrected chi connectivity index (χ4v) is 1.56. The summed E-state index contributed by atoms with van der Waals surface area (Å²) >= 11 is 5.89. The first-order chi connectivity index (χ1) is 7.34. The minimum atomic E-state index is 0.765. The van der Waals surface area contributed by atoms with Crippen LogP contribution in [0.25, 0.3) is 0 Å². The summed E-state index contributed by atoms with van der Waals surface area (Å²) in [6.45, 7) is 0.765. The average molecular weight is 217 g/mol. The zero-order chi connectivity index (χ0) is 10.5. The lowest BCUT2D eigenvalue weighted by Crippen LogP contribution is -1.98. The molecule has 0 saturated heterocycles. The average Bonchev–Trinajstić information content (AvgIpc) is 2.28. The highest BCUT2D eigenvalue weighted by atomic mass is 35.5. The first-order valence-electron chi connectivity index (χ1n) is 4.79. The van der Waals surface area contributed by atoms with Crippen molar-refractivity contribution >= 4 is 17.3 Å². The molecule has 0 aromatic heterocycles. The Labute approximate surface area is 94.7 Å². The molecular formula is C13H11ClN. The Balaban J connectivity index is 1.99. The fraction of sp³-hybridized carbons (Fsp3) is 0.0769. The van der Waals surface area contributed by atoms with Crippen LogP contribution in [0.3, 0.4) is 0 Å². The van der Waals surface area contributed by atoms with Crippen molar-refractivity contribution in [3.63, 3.8) is 0 Å². The van der Waals surface area contributed by atoms with Gasteiger partial charge in [-0.05, 0) is 23.8 Å². The number of rotatable bonds is 3. The quantitative estimate of drug-likeness (QED) is 0.824. The molecular weight excluding hydrogens is 206 g/mol. The first kappa shape index (κ1) is 10.1. The van der Waals surface area contributed by atoms with Crippen LogP contribution in [0.5, 0.6) is 0 Å². The molecule has 1 N–H and O–H groups in total. The van der Waals surface area contributed by atoms with Crippen LogP contribution < -0.4 is 5.32 Å². The summed E-state index contributed by atoms with van der Waals surface area (Å²) in [6, 6.07) is 18.7. The van der Waals surface area contributed by atoms with Crippen LogP contribution in [0.15, 0.2) is 48.5 Å². The van der Waals surface area contributed by atoms with Gasteiger partial charge in [-0.1, -0.05) is 41.9 Å². The lowest BCUT2D eigenvalue weighted by Gasteiger charge is -2.05. The van der Waals surface area contributed by atoms with Gasteiger partial charge < -0.3 is 5.32 Å². The van der Waals surface area contributed by atoms with E-state index < -0.39 is 0 Å². The zero-order valence-corrected chi connectivity index (χ0v) is 8.96. The maximum absolute atomic E-state index is 5.89. The minimum absolute atomic E-state index is 0.765. The molecule has 0 aliphatic carbocycles. The molecule has 2 aromatic carbocycles. The van der Waals surface area contributed by atoms with Crippen LogP contribution in [0.2, 0.25) is 5.02 Å². The van der Waals surface area contributed by atoms with Gasteiger partial charge in [-0.15, -0.1) is 0 Å². The normalized spacial score (nSPS) is 9.93. The van der Waals surface area contributed by atoms with Gasteiger partial charge in [0.05, 0.1) is 0 Å². The number of hydrogen-bond acceptors (Lipinski definition) is 1. The van der Waals surface area contributed by atoms with E-state index in [4.69, 9.17) is 11.6 Å². The molecule has 0 spiro atoms. The molecule has 0 saturated carbocycles. The van der Waals surface area contributed by atoms with Gasteiger partial charge in [0.25, 0.3) is 0 Å². The Morgan fingerprint density at radius 1 is 1.13 bits per heavy atom. The Kier molecular flexibility index (Phi) is 3.25. The van der Waals surface area contributed by atoms with Crippen LogP contribution in [0.1, 0.15) is 5.56 Å². The lowest BCUT2D eigenvalue weighted by molar-refractivity contribution is 1.15. The van der Waals surface area contributed by atoms with Crippen molar-refractivity contribution in [1.29, 1.82) is 0 Å². The Bertz CT molecular complexity index is 426. The van der Waals surface area contributed by atoms with Gasteiger partial charge >= 0.3 is 0 Å². The minimum Gasteiger partial charge on any atom is -0.380 e. The van der Waals surface area contributed by atoms with Crippen molar-refractivity contribution in [3.05, 3.63) is 65.2 Å². The monoisotopic (exact) mass is 216 g/mol. The summed E-state index contributed by atoms with van der Waals surface area (Å²) in [5, 5.41) is 4.04. The van der Waals surface area contributed by atoms with Gasteiger partial charge in [0.2, 0.25) is 0 Å². The predicted octanol–water partition coefficient (Wildman–Crippen LogP) is 3.75. The maximum Gasteiger partial charge on any atom is 0.0423 e. The third-order valence-corrected chi connectivity index (χ3v) is 2.32. The van der Waals surface area contributed by atoms with E-state index in [0.717, 1.165) is 17.3 Å². The summed E-state index contributed by atoms with van der Waals surface area (Å²) in [5.41, 5.74) is 2.16. The number of benzene rings is 2. The highest BCUT2D eigenvalue weighted by molar-refractivity contribution is 6.30. The van der Waals surface area contributed by atoms with E-state index in [1.807, 2.05) is 48.5 Å². The third-order valence-electron chi connectivity index (χ3n) is 2.08. The van der Waals surface area contributed by atoms with Crippen LogP contribution in [-0.2, 0) is 6.54 Å². The Hall–Kier alpha value is -1.47. The van der Waals surface area contributed by atoms with E-state index in [1.54, 1.807) is 0 Å². The molecule has 0 aliphatic rings. The molecule has 0 aliphatic heterocycles. The molecule has 0 heterocycles. The standard InChI is InChI=1S/C13H11ClN/c14-12-6-4-5-11(9-12)10-15-13-7-2-1-3-8-13/h1-7,9,15H,10H2. The number of nitrogens with one attached hydrogen (secondary N) is 1. The molecule has 0 unspecified atom stereocenters. The van der Waals surface area contributed by atoms with Crippen LogP contribution in [0, 0.1) is 6.07 Å². The molecule has 2 heteroatoms. The van der Waals surface area contributed by atoms with Crippen molar-refractivity contribution in [3.8, 4) is 0 Å². The fourth-order valence-electron chi connectivity index (χ4n) is 1.35. The van der Waals surface area contributed by atoms with Gasteiger partial charge in [0, 0.05) is 23.3 Å². The Morgan fingerprint density at radius 2 is 2.07 bits per heavy atom. The summed E-state index contributed by atoms with van der Waals surface area (Å²) in [4.78, 5) is 0. The molecule has 2 aromatic rings. The molecule has 0 bridgehead atoms. The Morgan fingerprint density at radius 3 is 2.80 bits per heavy atom. The third kappa shape index (κ3) is 3.00. The van der Waals surface area contributed by atoms with E-state index in [2.05, 4.69) is 11.4 Å². The van der Waals surface area contributed by atoms with Crippen molar-refractivity contribution in [1.82, 2.24) is 0 Å². The van der Waals surface area contributed by atoms with Gasteiger partial charge in [-0.2, -0.15) is 0 Å². The summed E-state index contributed by atoms with van der Waals surface area (Å²) in [6.07, 6.45) is 0. The second kappa shape index (κ2) is 4.85. The SMILES string of the molecule is Clc1cccc(CNc2[c]cccc2)c1. The van der Waals surface area contributed by atoms with Crippen molar-refractivity contribution in [2.75, 3.05) is 5.32 Å². The molecule has 1 radical (unpaired) electrons. The van der Waals surface area contributed by atoms with Crippen LogP contribution in [0.4, 0.5) is 5.69 Å². The van der Waals surface area contributed by atoms with Crippen molar-refractivity contribution in [2.45, 2.75) is 6.54 Å². The van der Waals surface area contributed by atoms with E-state index in [-0.39, 0.29) is 0 Å². The second-order valence-corrected chi connectivity index (χ2v) is 3.70. The molecule has 75 valence electrons. The van der Waals surface area contributed by atoms with Gasteiger partial charge in [0.1, 0.15) is 0 Å². The second-order valence-electron chi connectivity index (χ2n) is 3.26. The number of hydrogen-bond donors (Lipinski definition) is 1. The summed E-state index contributed by atoms with van der Waals surface area (Å²) in [5.74, 6) is 0. The molecule has 2 rings (SSSR count). The zero-order valence-electron chi connectivity index (χ0n) is 8.20. The van der Waals surface area contributed by atoms with Gasteiger partial charge in [-0.25, -0.2) is 0 Å². The van der Waals surface area contributed by atoms with E-state index in [9.17, 15) is 0 Å². The highest BCUT2D eigenvalue weighted by Crippen LogP contribution is 2.12. The highest BCUT2D eigenvalue weighted by Gasteiger charge is 1.94. The molecule has 1 nitrogen and oxygen atoms in total. The largest absolute Gasteiger partial charge is 0.380 e. The maximum atomic E-state index is 5.89. The predicted molar refractivity (Wildman–Crippen MR) is 64.1 cm³/mol. The molecule has 15 heavy (non-hydrogen) atoms. The van der Waals surface area contributed by atoms with Crippen molar-refractivity contribution in [2.24, 2.45) is 0 Å². The first-order valence-corrected chi connectivity index (χ1v) is 5.17. The number of halogens is 1. The summed E-state index contributed by atoms with van der Waals surface area (Å²) < 4.78 is 0. The van der Waals surface area contributed by atoms with Crippen LogP contribution in [-0.4, -0.2) is 0 Å². The number of anilines is 1.